The van der Waals surface area contributed by atoms with Gasteiger partial charge in [0.2, 0.25) is 0 Å². The first-order valence-corrected chi connectivity index (χ1v) is 6.65. The zero-order valence-electron chi connectivity index (χ0n) is 11.4. The number of aromatic nitrogens is 2. The van der Waals surface area contributed by atoms with Crippen molar-refractivity contribution in [3.8, 4) is 0 Å². The topological polar surface area (TPSA) is 47.1 Å². The van der Waals surface area contributed by atoms with Gasteiger partial charge in [-0.15, -0.1) is 0 Å². The van der Waals surface area contributed by atoms with Crippen molar-refractivity contribution >= 4 is 11.5 Å². The van der Waals surface area contributed by atoms with Crippen molar-refractivity contribution in [2.75, 3.05) is 17.2 Å². The Labute approximate surface area is 104 Å². The van der Waals surface area contributed by atoms with Crippen LogP contribution in [0.1, 0.15) is 51.6 Å². The Hall–Kier alpha value is -1.19. The maximum absolute atomic E-state index is 6.28. The zero-order valence-corrected chi connectivity index (χ0v) is 11.4. The molecule has 0 amide bonds. The van der Waals surface area contributed by atoms with Gasteiger partial charge in [-0.2, -0.15) is 5.10 Å². The number of hydrogen-bond acceptors (Lipinski definition) is 3. The number of hydrogen-bond donors (Lipinski definition) is 1. The minimum Gasteiger partial charge on any atom is -0.394 e. The van der Waals surface area contributed by atoms with Crippen molar-refractivity contribution in [1.29, 1.82) is 0 Å². The van der Waals surface area contributed by atoms with E-state index in [0.29, 0.717) is 12.0 Å². The largest absolute Gasteiger partial charge is 0.394 e. The molecule has 96 valence electrons. The molecule has 0 aromatic carbocycles. The minimum absolute atomic E-state index is 0.387. The van der Waals surface area contributed by atoms with E-state index >= 15 is 0 Å². The normalized spacial score (nSPS) is 20.5. The molecule has 1 atom stereocenters. The maximum atomic E-state index is 6.28. The first-order valence-electron chi connectivity index (χ1n) is 6.65. The van der Waals surface area contributed by atoms with Crippen molar-refractivity contribution in [3.05, 3.63) is 5.69 Å². The highest BCUT2D eigenvalue weighted by atomic mass is 15.4. The smallest absolute Gasteiger partial charge is 0.150 e. The fourth-order valence-corrected chi connectivity index (χ4v) is 2.86. The molecule has 4 nitrogen and oxygen atoms in total. The van der Waals surface area contributed by atoms with Gasteiger partial charge in [-0.25, -0.2) is 0 Å². The predicted molar refractivity (Wildman–Crippen MR) is 72.4 cm³/mol. The number of nitrogens with zero attached hydrogens (tertiary/aromatic N) is 3. The van der Waals surface area contributed by atoms with Gasteiger partial charge < -0.3 is 10.6 Å². The number of rotatable bonds is 3. The highest BCUT2D eigenvalue weighted by Gasteiger charge is 2.28. The first-order chi connectivity index (χ1) is 8.06. The van der Waals surface area contributed by atoms with Gasteiger partial charge in [-0.05, 0) is 25.2 Å². The molecule has 2 heterocycles. The summed E-state index contributed by atoms with van der Waals surface area (Å²) in [6.45, 7) is 7.65. The molecule has 1 unspecified atom stereocenters. The standard InChI is InChI=1S/C13H24N4/c1-5-10-7-6-8-17(10)13-11(14)12(9(2)3)15-16(13)4/h9-10H,5-8,14H2,1-4H3. The van der Waals surface area contributed by atoms with Gasteiger partial charge in [0, 0.05) is 19.6 Å². The van der Waals surface area contributed by atoms with Crippen molar-refractivity contribution in [3.63, 3.8) is 0 Å². The summed E-state index contributed by atoms with van der Waals surface area (Å²) in [5.74, 6) is 1.51. The summed E-state index contributed by atoms with van der Waals surface area (Å²) < 4.78 is 1.96. The lowest BCUT2D eigenvalue weighted by atomic mass is 10.1. The number of anilines is 2. The van der Waals surface area contributed by atoms with Gasteiger partial charge in [0.1, 0.15) is 0 Å². The molecule has 1 aromatic heterocycles. The fraction of sp³-hybridized carbons (Fsp3) is 0.769. The molecular weight excluding hydrogens is 212 g/mol. The van der Waals surface area contributed by atoms with E-state index < -0.39 is 0 Å². The summed E-state index contributed by atoms with van der Waals surface area (Å²) in [4.78, 5) is 2.44. The minimum atomic E-state index is 0.387. The van der Waals surface area contributed by atoms with Crippen molar-refractivity contribution in [2.24, 2.45) is 7.05 Å². The molecular formula is C13H24N4. The average Bonchev–Trinajstić information content (AvgIpc) is 2.83. The van der Waals surface area contributed by atoms with Crippen LogP contribution in [0.15, 0.2) is 0 Å². The van der Waals surface area contributed by atoms with Crippen LogP contribution in [0.25, 0.3) is 0 Å². The maximum Gasteiger partial charge on any atom is 0.150 e. The summed E-state index contributed by atoms with van der Waals surface area (Å²) in [6.07, 6.45) is 3.72. The average molecular weight is 236 g/mol. The predicted octanol–water partition coefficient (Wildman–Crippen LogP) is 2.50. The van der Waals surface area contributed by atoms with Crippen molar-refractivity contribution < 1.29 is 0 Å². The van der Waals surface area contributed by atoms with E-state index in [1.807, 2.05) is 11.7 Å². The second kappa shape index (κ2) is 4.59. The van der Waals surface area contributed by atoms with Gasteiger partial charge >= 0.3 is 0 Å². The molecule has 0 spiro atoms. The van der Waals surface area contributed by atoms with Crippen molar-refractivity contribution in [2.45, 2.75) is 52.0 Å². The van der Waals surface area contributed by atoms with E-state index in [1.165, 1.54) is 19.3 Å². The van der Waals surface area contributed by atoms with E-state index in [9.17, 15) is 0 Å². The second-order valence-corrected chi connectivity index (χ2v) is 5.30. The molecule has 0 bridgehead atoms. The van der Waals surface area contributed by atoms with Crippen LogP contribution < -0.4 is 10.6 Å². The number of nitrogens with two attached hydrogens (primary N) is 1. The Bertz CT molecular complexity index is 394. The molecule has 4 heteroatoms. The molecule has 0 saturated carbocycles. The fourth-order valence-electron chi connectivity index (χ4n) is 2.86. The third kappa shape index (κ3) is 2.01. The van der Waals surface area contributed by atoms with Gasteiger partial charge in [-0.3, -0.25) is 4.68 Å². The highest BCUT2D eigenvalue weighted by molar-refractivity contribution is 5.68. The summed E-state index contributed by atoms with van der Waals surface area (Å²) in [6, 6.07) is 0.632. The van der Waals surface area contributed by atoms with Crippen LogP contribution in [0, 0.1) is 0 Å². The molecule has 1 aliphatic heterocycles. The quantitative estimate of drug-likeness (QED) is 0.877. The highest BCUT2D eigenvalue weighted by Crippen LogP contribution is 2.35. The van der Waals surface area contributed by atoms with E-state index in [2.05, 4.69) is 30.8 Å². The van der Waals surface area contributed by atoms with E-state index in [-0.39, 0.29) is 0 Å². The Morgan fingerprint density at radius 2 is 2.18 bits per heavy atom. The lowest BCUT2D eigenvalue weighted by Crippen LogP contribution is -2.30. The van der Waals surface area contributed by atoms with Gasteiger partial charge in [0.15, 0.2) is 5.82 Å². The molecule has 0 aliphatic carbocycles. The number of nitrogen functional groups attached to an aromatic ring is 1. The van der Waals surface area contributed by atoms with Crippen molar-refractivity contribution in [1.82, 2.24) is 9.78 Å². The van der Waals surface area contributed by atoms with Crippen LogP contribution in [0.4, 0.5) is 11.5 Å². The Balaban J connectivity index is 2.38. The van der Waals surface area contributed by atoms with Crippen LogP contribution in [-0.2, 0) is 7.05 Å². The van der Waals surface area contributed by atoms with Crippen LogP contribution in [0.2, 0.25) is 0 Å². The summed E-state index contributed by atoms with van der Waals surface area (Å²) in [7, 11) is 2.00. The Kier molecular flexibility index (Phi) is 3.31. The van der Waals surface area contributed by atoms with Crippen LogP contribution in [-0.4, -0.2) is 22.4 Å². The lowest BCUT2D eigenvalue weighted by Gasteiger charge is -2.26. The molecule has 17 heavy (non-hydrogen) atoms. The van der Waals surface area contributed by atoms with Gasteiger partial charge in [0.25, 0.3) is 0 Å². The summed E-state index contributed by atoms with van der Waals surface area (Å²) in [5, 5.41) is 4.57. The van der Waals surface area contributed by atoms with Crippen LogP contribution >= 0.6 is 0 Å². The van der Waals surface area contributed by atoms with Crippen LogP contribution in [0.5, 0.6) is 0 Å². The van der Waals surface area contributed by atoms with Crippen LogP contribution in [0.3, 0.4) is 0 Å². The molecule has 1 fully saturated rings. The summed E-state index contributed by atoms with van der Waals surface area (Å²) in [5.41, 5.74) is 8.19. The van der Waals surface area contributed by atoms with E-state index in [4.69, 9.17) is 5.73 Å². The molecule has 0 radical (unpaired) electrons. The lowest BCUT2D eigenvalue weighted by molar-refractivity contribution is 0.619. The summed E-state index contributed by atoms with van der Waals surface area (Å²) >= 11 is 0. The number of aryl methyl sites for hydroxylation is 1. The monoisotopic (exact) mass is 236 g/mol. The molecule has 1 aliphatic rings. The molecule has 1 aromatic rings. The molecule has 2 rings (SSSR count). The third-order valence-electron chi connectivity index (χ3n) is 3.75. The van der Waals surface area contributed by atoms with E-state index in [0.717, 1.165) is 23.7 Å². The zero-order chi connectivity index (χ0) is 12.6. The molecule has 2 N–H and O–H groups in total. The Morgan fingerprint density at radius 1 is 1.47 bits per heavy atom. The SMILES string of the molecule is CCC1CCCN1c1c(N)c(C(C)C)nn1C. The van der Waals surface area contributed by atoms with Gasteiger partial charge in [0.05, 0.1) is 11.4 Å². The Morgan fingerprint density at radius 3 is 2.71 bits per heavy atom. The molecule has 1 saturated heterocycles. The first kappa shape index (κ1) is 12.3. The van der Waals surface area contributed by atoms with Gasteiger partial charge in [-0.1, -0.05) is 20.8 Å². The second-order valence-electron chi connectivity index (χ2n) is 5.30. The third-order valence-corrected chi connectivity index (χ3v) is 3.75. The van der Waals surface area contributed by atoms with E-state index in [1.54, 1.807) is 0 Å².